The minimum Gasteiger partial charge on any atom is -0.469 e. The summed E-state index contributed by atoms with van der Waals surface area (Å²) in [6, 6.07) is -2.50. The van der Waals surface area contributed by atoms with Gasteiger partial charge in [-0.3, -0.25) is 9.59 Å². The molecule has 10 nitrogen and oxygen atoms in total. The van der Waals surface area contributed by atoms with Gasteiger partial charge in [0.1, 0.15) is 12.1 Å². The van der Waals surface area contributed by atoms with Gasteiger partial charge >= 0.3 is 11.9 Å². The van der Waals surface area contributed by atoms with Gasteiger partial charge in [0, 0.05) is 9.82 Å². The highest BCUT2D eigenvalue weighted by Gasteiger charge is 2.27. The molecule has 0 fully saturated rings. The van der Waals surface area contributed by atoms with Gasteiger partial charge in [-0.25, -0.2) is 0 Å². The normalized spacial score (nSPS) is 12.4. The number of methoxy groups -OCH3 is 2. The maximum atomic E-state index is 11.2. The van der Waals surface area contributed by atoms with E-state index in [4.69, 9.17) is 11.1 Å². The molecule has 0 radical (unpaired) electrons. The van der Waals surface area contributed by atoms with Crippen LogP contribution in [0.2, 0.25) is 0 Å². The smallest absolute Gasteiger partial charge is 0.314 e. The van der Waals surface area contributed by atoms with Crippen molar-refractivity contribution < 1.29 is 19.1 Å². The molecule has 0 aliphatic heterocycles. The van der Waals surface area contributed by atoms with Crippen LogP contribution in [-0.4, -0.2) is 38.2 Å². The monoisotopic (exact) mass is 242 g/mol. The molecule has 0 heterocycles. The highest BCUT2D eigenvalue weighted by atomic mass is 16.5. The average molecular weight is 242 g/mol. The summed E-state index contributed by atoms with van der Waals surface area (Å²) in [6.45, 7) is 0. The Hall–Kier alpha value is -2.44. The highest BCUT2D eigenvalue weighted by Crippen LogP contribution is 2.10. The van der Waals surface area contributed by atoms with Gasteiger partial charge in [0.2, 0.25) is 0 Å². The lowest BCUT2D eigenvalue weighted by molar-refractivity contribution is -0.144. The van der Waals surface area contributed by atoms with Gasteiger partial charge in [0.25, 0.3) is 0 Å². The molecule has 0 N–H and O–H groups in total. The third kappa shape index (κ3) is 4.74. The number of hydrogen-bond donors (Lipinski definition) is 0. The molecule has 0 saturated heterocycles. The van der Waals surface area contributed by atoms with Crippen molar-refractivity contribution in [3.63, 3.8) is 0 Å². The SMILES string of the molecule is COC(=O)C(CC(N=[N+]=[N-])C(=O)OC)N=[N+]=[N-]. The standard InChI is InChI=1S/C7H10N6O4/c1-16-6(14)4(10-12-8)3-5(11-13-9)7(15)17-2/h4-5H,3H2,1-2H3. The molecule has 0 rings (SSSR count). The predicted molar refractivity (Wildman–Crippen MR) is 54.5 cm³/mol. The number of ether oxygens (including phenoxy) is 2. The second-order valence-electron chi connectivity index (χ2n) is 2.72. The zero-order valence-corrected chi connectivity index (χ0v) is 9.18. The first-order chi connectivity index (χ1) is 8.10. The second kappa shape index (κ2) is 7.80. The first-order valence-electron chi connectivity index (χ1n) is 4.34. The van der Waals surface area contributed by atoms with Gasteiger partial charge in [0.15, 0.2) is 0 Å². The minimum atomic E-state index is -1.25. The Morgan fingerprint density at radius 3 is 1.65 bits per heavy atom. The molecule has 92 valence electrons. The summed E-state index contributed by atoms with van der Waals surface area (Å²) < 4.78 is 8.73. The molecule has 0 aliphatic carbocycles. The summed E-state index contributed by atoms with van der Waals surface area (Å²) in [5, 5.41) is 6.30. The summed E-state index contributed by atoms with van der Waals surface area (Å²) in [5.74, 6) is -1.66. The maximum absolute atomic E-state index is 11.2. The van der Waals surface area contributed by atoms with E-state index in [2.05, 4.69) is 29.5 Å². The van der Waals surface area contributed by atoms with Crippen LogP contribution in [-0.2, 0) is 19.1 Å². The van der Waals surface area contributed by atoms with Crippen LogP contribution in [0.5, 0.6) is 0 Å². The molecule has 10 heteroatoms. The predicted octanol–water partition coefficient (Wildman–Crippen LogP) is 1.08. The van der Waals surface area contributed by atoms with E-state index in [9.17, 15) is 9.59 Å². The van der Waals surface area contributed by atoms with Gasteiger partial charge < -0.3 is 9.47 Å². The molecule has 0 spiro atoms. The molecule has 0 aromatic rings. The molecule has 17 heavy (non-hydrogen) atoms. The van der Waals surface area contributed by atoms with E-state index in [1.807, 2.05) is 0 Å². The Balaban J connectivity index is 4.91. The first-order valence-corrected chi connectivity index (χ1v) is 4.34. The fraction of sp³-hybridized carbons (Fsp3) is 0.714. The van der Waals surface area contributed by atoms with E-state index in [1.54, 1.807) is 0 Å². The van der Waals surface area contributed by atoms with Crippen LogP contribution in [0.25, 0.3) is 20.9 Å². The Kier molecular flexibility index (Phi) is 6.68. The van der Waals surface area contributed by atoms with Gasteiger partial charge in [-0.2, -0.15) is 0 Å². The number of esters is 2. The molecule has 0 bridgehead atoms. The van der Waals surface area contributed by atoms with E-state index in [0.29, 0.717) is 0 Å². The van der Waals surface area contributed by atoms with E-state index in [1.165, 1.54) is 0 Å². The van der Waals surface area contributed by atoms with Gasteiger partial charge in [-0.15, -0.1) is 0 Å². The summed E-state index contributed by atoms with van der Waals surface area (Å²) in [7, 11) is 2.20. The van der Waals surface area contributed by atoms with Gasteiger partial charge in [-0.05, 0) is 17.5 Å². The lowest BCUT2D eigenvalue weighted by Crippen LogP contribution is -2.29. The van der Waals surface area contributed by atoms with E-state index in [0.717, 1.165) is 14.2 Å². The zero-order valence-electron chi connectivity index (χ0n) is 9.18. The minimum absolute atomic E-state index is 0.312. The number of hydrogen-bond acceptors (Lipinski definition) is 6. The third-order valence-corrected chi connectivity index (χ3v) is 1.78. The fourth-order valence-corrected chi connectivity index (χ4v) is 0.989. The molecule has 0 aromatic heterocycles. The van der Waals surface area contributed by atoms with Crippen LogP contribution in [0, 0.1) is 0 Å². The molecule has 2 unspecified atom stereocenters. The van der Waals surface area contributed by atoms with Crippen molar-refractivity contribution in [2.45, 2.75) is 18.5 Å². The van der Waals surface area contributed by atoms with Crippen LogP contribution in [0.15, 0.2) is 10.2 Å². The number of azide groups is 2. The van der Waals surface area contributed by atoms with Crippen LogP contribution in [0.4, 0.5) is 0 Å². The van der Waals surface area contributed by atoms with Crippen molar-refractivity contribution in [2.75, 3.05) is 14.2 Å². The van der Waals surface area contributed by atoms with Crippen molar-refractivity contribution in [1.29, 1.82) is 0 Å². The Bertz CT molecular complexity index is 348. The summed E-state index contributed by atoms with van der Waals surface area (Å²) >= 11 is 0. The van der Waals surface area contributed by atoms with Crippen molar-refractivity contribution in [2.24, 2.45) is 10.2 Å². The quantitative estimate of drug-likeness (QED) is 0.296. The maximum Gasteiger partial charge on any atom is 0.314 e. The molecule has 0 aliphatic rings. The van der Waals surface area contributed by atoms with Crippen molar-refractivity contribution in [3.05, 3.63) is 20.9 Å². The van der Waals surface area contributed by atoms with Crippen LogP contribution >= 0.6 is 0 Å². The van der Waals surface area contributed by atoms with Gasteiger partial charge in [-0.1, -0.05) is 10.2 Å². The number of carbonyl (C=O) groups is 2. The Labute approximate surface area is 95.7 Å². The first kappa shape index (κ1) is 14.6. The zero-order chi connectivity index (χ0) is 13.3. The average Bonchev–Trinajstić information content (AvgIpc) is 2.35. The second-order valence-corrected chi connectivity index (χ2v) is 2.72. The Morgan fingerprint density at radius 2 is 1.41 bits per heavy atom. The van der Waals surface area contributed by atoms with Crippen molar-refractivity contribution in [1.82, 2.24) is 0 Å². The van der Waals surface area contributed by atoms with E-state index >= 15 is 0 Å². The van der Waals surface area contributed by atoms with Crippen molar-refractivity contribution >= 4 is 11.9 Å². The summed E-state index contributed by atoms with van der Waals surface area (Å²) in [6.07, 6.45) is -0.312. The molecular formula is C7H10N6O4. The fourth-order valence-electron chi connectivity index (χ4n) is 0.989. The molecule has 2 atom stereocenters. The van der Waals surface area contributed by atoms with E-state index < -0.39 is 24.0 Å². The van der Waals surface area contributed by atoms with Crippen molar-refractivity contribution in [3.8, 4) is 0 Å². The third-order valence-electron chi connectivity index (χ3n) is 1.78. The topological polar surface area (TPSA) is 150 Å². The van der Waals surface area contributed by atoms with Crippen LogP contribution in [0.3, 0.4) is 0 Å². The van der Waals surface area contributed by atoms with Crippen LogP contribution in [0.1, 0.15) is 6.42 Å². The largest absolute Gasteiger partial charge is 0.469 e. The molecule has 0 aromatic carbocycles. The number of carbonyl (C=O) groups excluding carboxylic acids is 2. The molecular weight excluding hydrogens is 232 g/mol. The lowest BCUT2D eigenvalue weighted by Gasteiger charge is -2.12. The number of nitrogens with zero attached hydrogens (tertiary/aromatic N) is 6. The Morgan fingerprint density at radius 1 is 1.06 bits per heavy atom. The number of rotatable bonds is 6. The summed E-state index contributed by atoms with van der Waals surface area (Å²) in [4.78, 5) is 27.2. The van der Waals surface area contributed by atoms with E-state index in [-0.39, 0.29) is 6.42 Å². The molecule has 0 saturated carbocycles. The summed E-state index contributed by atoms with van der Waals surface area (Å²) in [5.41, 5.74) is 16.5. The van der Waals surface area contributed by atoms with Gasteiger partial charge in [0.05, 0.1) is 14.2 Å². The van der Waals surface area contributed by atoms with Crippen LogP contribution < -0.4 is 0 Å². The lowest BCUT2D eigenvalue weighted by atomic mass is 10.1. The molecule has 0 amide bonds. The highest BCUT2D eigenvalue weighted by molar-refractivity contribution is 5.80.